The van der Waals surface area contributed by atoms with Gasteiger partial charge in [-0.25, -0.2) is 0 Å². The molecule has 0 spiro atoms. The number of hydrogen-bond donors (Lipinski definition) is 1. The summed E-state index contributed by atoms with van der Waals surface area (Å²) in [7, 11) is 0. The van der Waals surface area contributed by atoms with E-state index in [1.165, 1.54) is 5.57 Å². The lowest BCUT2D eigenvalue weighted by Crippen LogP contribution is -2.10. The summed E-state index contributed by atoms with van der Waals surface area (Å²) in [6, 6.07) is 2.25. The quantitative estimate of drug-likeness (QED) is 0.752. The highest BCUT2D eigenvalue weighted by atomic mass is 16.5. The number of ether oxygens (including phenoxy) is 1. The fourth-order valence-electron chi connectivity index (χ4n) is 2.15. The second-order valence-electron chi connectivity index (χ2n) is 4.65. The van der Waals surface area contributed by atoms with E-state index in [2.05, 4.69) is 18.2 Å². The van der Waals surface area contributed by atoms with Gasteiger partial charge in [0.25, 0.3) is 0 Å². The molecule has 0 aliphatic heterocycles. The molecular formula is C18H33NO2. The van der Waals surface area contributed by atoms with Gasteiger partial charge in [-0.3, -0.25) is 0 Å². The molecule has 3 nitrogen and oxygen atoms in total. The summed E-state index contributed by atoms with van der Waals surface area (Å²) in [4.78, 5) is 0. The lowest BCUT2D eigenvalue weighted by atomic mass is 10.1. The molecular weight excluding hydrogens is 262 g/mol. The van der Waals surface area contributed by atoms with E-state index in [4.69, 9.17) is 15.1 Å². The van der Waals surface area contributed by atoms with Gasteiger partial charge in [0.15, 0.2) is 0 Å². The summed E-state index contributed by atoms with van der Waals surface area (Å²) >= 11 is 0. The summed E-state index contributed by atoms with van der Waals surface area (Å²) in [5.74, 6) is 0.561. The van der Waals surface area contributed by atoms with Crippen LogP contribution in [0.25, 0.3) is 0 Å². The van der Waals surface area contributed by atoms with Crippen LogP contribution in [0.2, 0.25) is 0 Å². The molecule has 1 rings (SSSR count). The van der Waals surface area contributed by atoms with E-state index >= 15 is 0 Å². The van der Waals surface area contributed by atoms with Crippen molar-refractivity contribution in [2.75, 3.05) is 13.2 Å². The maximum Gasteiger partial charge on any atom is 0.0717 e. The van der Waals surface area contributed by atoms with Crippen LogP contribution in [-0.2, 0) is 4.74 Å². The minimum Gasteiger partial charge on any atom is -0.397 e. The van der Waals surface area contributed by atoms with Gasteiger partial charge in [-0.05, 0) is 51.5 Å². The molecule has 1 saturated carbocycles. The van der Waals surface area contributed by atoms with Crippen molar-refractivity contribution in [3.8, 4) is 6.07 Å². The maximum absolute atomic E-state index is 8.63. The molecule has 0 aromatic carbocycles. The molecule has 1 fully saturated rings. The monoisotopic (exact) mass is 295 g/mol. The van der Waals surface area contributed by atoms with Crippen molar-refractivity contribution >= 4 is 0 Å². The molecule has 2 atom stereocenters. The average Bonchev–Trinajstić information content (AvgIpc) is 2.94. The highest BCUT2D eigenvalue weighted by Crippen LogP contribution is 2.30. The third-order valence-electron chi connectivity index (χ3n) is 3.11. The van der Waals surface area contributed by atoms with Gasteiger partial charge in [0.05, 0.1) is 18.8 Å². The number of nitriles is 1. The highest BCUT2D eigenvalue weighted by molar-refractivity contribution is 5.17. The summed E-state index contributed by atoms with van der Waals surface area (Å²) in [5.41, 5.74) is 1.23. The van der Waals surface area contributed by atoms with Gasteiger partial charge < -0.3 is 9.84 Å². The minimum absolute atomic E-state index is 0.250. The molecule has 0 bridgehead atoms. The van der Waals surface area contributed by atoms with Crippen molar-refractivity contribution in [2.24, 2.45) is 5.92 Å². The zero-order chi connectivity index (χ0) is 16.5. The van der Waals surface area contributed by atoms with Gasteiger partial charge in [0, 0.05) is 13.0 Å². The maximum atomic E-state index is 8.63. The summed E-state index contributed by atoms with van der Waals surface area (Å²) in [6.07, 6.45) is 10.6. The zero-order valence-electron chi connectivity index (χ0n) is 14.4. The third kappa shape index (κ3) is 12.3. The van der Waals surface area contributed by atoms with Crippen LogP contribution in [0.1, 0.15) is 60.3 Å². The average molecular weight is 295 g/mol. The van der Waals surface area contributed by atoms with Crippen LogP contribution < -0.4 is 0 Å². The van der Waals surface area contributed by atoms with E-state index in [1.807, 2.05) is 33.8 Å². The van der Waals surface area contributed by atoms with Crippen molar-refractivity contribution in [2.45, 2.75) is 66.4 Å². The van der Waals surface area contributed by atoms with Crippen LogP contribution in [0.5, 0.6) is 0 Å². The molecule has 2 unspecified atom stereocenters. The van der Waals surface area contributed by atoms with Crippen LogP contribution in [0, 0.1) is 17.2 Å². The Hall–Kier alpha value is -1.11. The van der Waals surface area contributed by atoms with Crippen molar-refractivity contribution < 1.29 is 9.84 Å². The Morgan fingerprint density at radius 2 is 1.95 bits per heavy atom. The van der Waals surface area contributed by atoms with Crippen molar-refractivity contribution in [3.05, 3.63) is 23.8 Å². The largest absolute Gasteiger partial charge is 0.397 e. The molecule has 0 amide bonds. The molecule has 0 radical (unpaired) electrons. The molecule has 0 aromatic heterocycles. The smallest absolute Gasteiger partial charge is 0.0717 e. The Morgan fingerprint density at radius 3 is 2.43 bits per heavy atom. The first-order chi connectivity index (χ1) is 10.2. The minimum atomic E-state index is 0.250. The molecule has 1 aliphatic rings. The van der Waals surface area contributed by atoms with E-state index in [9.17, 15) is 0 Å². The first-order valence-electron chi connectivity index (χ1n) is 8.09. The third-order valence-corrected chi connectivity index (χ3v) is 3.11. The summed E-state index contributed by atoms with van der Waals surface area (Å²) < 4.78 is 5.86. The lowest BCUT2D eigenvalue weighted by molar-refractivity contribution is 0.0736. The second kappa shape index (κ2) is 16.9. The fourth-order valence-corrected chi connectivity index (χ4v) is 2.15. The molecule has 122 valence electrons. The highest BCUT2D eigenvalue weighted by Gasteiger charge is 2.24. The number of aliphatic hydroxyl groups is 1. The van der Waals surface area contributed by atoms with Crippen molar-refractivity contribution in [3.63, 3.8) is 0 Å². The van der Waals surface area contributed by atoms with Crippen molar-refractivity contribution in [1.82, 2.24) is 0 Å². The summed E-state index contributed by atoms with van der Waals surface area (Å²) in [5, 5.41) is 16.2. The number of allylic oxidation sites excluding steroid dienone is 2. The SMILES string of the molecule is C/C=C\C(=C/C)COC1CCC(CC#N)C1.CC.CCO. The molecule has 1 aliphatic carbocycles. The molecule has 0 aromatic rings. The Bertz CT molecular complexity index is 316. The predicted molar refractivity (Wildman–Crippen MR) is 90.0 cm³/mol. The number of hydrogen-bond acceptors (Lipinski definition) is 3. The van der Waals surface area contributed by atoms with Crippen LogP contribution in [0.3, 0.4) is 0 Å². The number of nitrogens with zero attached hydrogens (tertiary/aromatic N) is 1. The first kappa shape index (κ1) is 22.2. The second-order valence-corrected chi connectivity index (χ2v) is 4.65. The van der Waals surface area contributed by atoms with Gasteiger partial charge in [0.2, 0.25) is 0 Å². The first-order valence-corrected chi connectivity index (χ1v) is 8.09. The normalized spacial score (nSPS) is 21.1. The molecule has 1 N–H and O–H groups in total. The van der Waals surface area contributed by atoms with Crippen molar-refractivity contribution in [1.29, 1.82) is 5.26 Å². The Morgan fingerprint density at radius 1 is 1.33 bits per heavy atom. The Balaban J connectivity index is 0. The van der Waals surface area contributed by atoms with Crippen LogP contribution >= 0.6 is 0 Å². The van der Waals surface area contributed by atoms with Crippen LogP contribution in [0.4, 0.5) is 0 Å². The topological polar surface area (TPSA) is 53.2 Å². The van der Waals surface area contributed by atoms with Gasteiger partial charge in [-0.1, -0.05) is 32.1 Å². The van der Waals surface area contributed by atoms with E-state index in [-0.39, 0.29) is 6.61 Å². The molecule has 0 saturated heterocycles. The van der Waals surface area contributed by atoms with Crippen LogP contribution in [-0.4, -0.2) is 24.4 Å². The fraction of sp³-hybridized carbons (Fsp3) is 0.722. The lowest BCUT2D eigenvalue weighted by Gasteiger charge is -2.12. The molecule has 3 heteroatoms. The zero-order valence-corrected chi connectivity index (χ0v) is 14.4. The van der Waals surface area contributed by atoms with Gasteiger partial charge in [-0.15, -0.1) is 0 Å². The molecule has 21 heavy (non-hydrogen) atoms. The van der Waals surface area contributed by atoms with Gasteiger partial charge in [-0.2, -0.15) is 5.26 Å². The Kier molecular flexibility index (Phi) is 17.9. The Labute approximate surface area is 131 Å². The summed E-state index contributed by atoms with van der Waals surface area (Å²) in [6.45, 7) is 10.7. The standard InChI is InChI=1S/C14H21NO.C2H6O.C2H6/c1-3-5-12(4-2)11-16-14-7-6-13(10-14)8-9-15;1-2-3;1-2/h3-5,13-14H,6-8,10-11H2,1-2H3;3H,2H2,1H3;1-2H3/b5-3-,12-4+;;. The van der Waals surface area contributed by atoms with E-state index < -0.39 is 0 Å². The molecule has 0 heterocycles. The van der Waals surface area contributed by atoms with E-state index in [1.54, 1.807) is 6.92 Å². The van der Waals surface area contributed by atoms with E-state index in [0.29, 0.717) is 25.0 Å². The van der Waals surface area contributed by atoms with Gasteiger partial charge in [0.1, 0.15) is 0 Å². The number of aliphatic hydroxyl groups excluding tert-OH is 1. The predicted octanol–water partition coefficient (Wildman–Crippen LogP) is 4.63. The van der Waals surface area contributed by atoms with Gasteiger partial charge >= 0.3 is 0 Å². The van der Waals surface area contributed by atoms with Crippen LogP contribution in [0.15, 0.2) is 23.8 Å². The number of rotatable bonds is 5. The van der Waals surface area contributed by atoms with E-state index in [0.717, 1.165) is 19.3 Å².